The molecule has 1 aromatic heterocycles. The fraction of sp³-hybridized carbons (Fsp3) is 0.0714. The lowest BCUT2D eigenvalue weighted by atomic mass is 10.1. The van der Waals surface area contributed by atoms with E-state index in [0.29, 0.717) is 28.5 Å². The summed E-state index contributed by atoms with van der Waals surface area (Å²) < 4.78 is 34.0. The maximum Gasteiger partial charge on any atom is 0.262 e. The zero-order chi connectivity index (χ0) is 25.8. The van der Waals surface area contributed by atoms with Gasteiger partial charge in [-0.3, -0.25) is 4.72 Å². The Morgan fingerprint density at radius 3 is 2.14 bits per heavy atom. The second-order valence-corrected chi connectivity index (χ2v) is 10.0. The van der Waals surface area contributed by atoms with Gasteiger partial charge in [-0.15, -0.1) is 0 Å². The molecule has 0 fully saturated rings. The number of sulfonamides is 1. The van der Waals surface area contributed by atoms with Crippen LogP contribution in [0.2, 0.25) is 0 Å². The molecule has 0 atom stereocenters. The molecular formula is C28H25N5O3S. The highest BCUT2D eigenvalue weighted by Crippen LogP contribution is 2.26. The van der Waals surface area contributed by atoms with Crippen molar-refractivity contribution in [2.75, 3.05) is 22.5 Å². The van der Waals surface area contributed by atoms with Crippen LogP contribution in [-0.2, 0) is 10.0 Å². The van der Waals surface area contributed by atoms with Crippen molar-refractivity contribution in [3.63, 3.8) is 0 Å². The molecule has 1 heterocycles. The van der Waals surface area contributed by atoms with Crippen LogP contribution in [0.3, 0.4) is 0 Å². The van der Waals surface area contributed by atoms with Gasteiger partial charge in [0.2, 0.25) is 5.95 Å². The van der Waals surface area contributed by atoms with E-state index in [2.05, 4.69) is 25.3 Å². The summed E-state index contributed by atoms with van der Waals surface area (Å²) in [7, 11) is -2.14. The summed E-state index contributed by atoms with van der Waals surface area (Å²) in [6.07, 6.45) is 0. The average molecular weight is 512 g/mol. The molecule has 0 saturated carbocycles. The first kappa shape index (κ1) is 24.1. The Bertz CT molecular complexity index is 1650. The average Bonchev–Trinajstić information content (AvgIpc) is 2.89. The van der Waals surface area contributed by atoms with E-state index in [1.54, 1.807) is 49.6 Å². The van der Waals surface area contributed by atoms with Gasteiger partial charge in [-0.1, -0.05) is 36.4 Å². The van der Waals surface area contributed by atoms with Crippen LogP contribution in [0.25, 0.3) is 10.8 Å². The van der Waals surface area contributed by atoms with Crippen molar-refractivity contribution in [1.82, 2.24) is 9.97 Å². The number of hydrogen-bond donors (Lipinski definition) is 3. The van der Waals surface area contributed by atoms with Crippen LogP contribution in [0, 0.1) is 6.92 Å². The van der Waals surface area contributed by atoms with Gasteiger partial charge in [0, 0.05) is 34.2 Å². The van der Waals surface area contributed by atoms with Crippen LogP contribution < -0.4 is 20.1 Å². The maximum absolute atomic E-state index is 13.1. The minimum Gasteiger partial charge on any atom is -0.497 e. The number of nitrogens with zero attached hydrogens (tertiary/aromatic N) is 2. The highest BCUT2D eigenvalue weighted by molar-refractivity contribution is 7.93. The molecule has 0 unspecified atom stereocenters. The lowest BCUT2D eigenvalue weighted by Crippen LogP contribution is -2.13. The van der Waals surface area contributed by atoms with Gasteiger partial charge in [0.15, 0.2) is 0 Å². The first-order valence-electron chi connectivity index (χ1n) is 11.5. The summed E-state index contributed by atoms with van der Waals surface area (Å²) >= 11 is 0. The first-order chi connectivity index (χ1) is 17.9. The number of nitrogens with one attached hydrogen (secondary N) is 3. The smallest absolute Gasteiger partial charge is 0.262 e. The van der Waals surface area contributed by atoms with Crippen LogP contribution in [0.1, 0.15) is 5.69 Å². The van der Waals surface area contributed by atoms with Crippen molar-refractivity contribution in [2.45, 2.75) is 11.8 Å². The molecule has 0 aliphatic rings. The number of aromatic nitrogens is 2. The van der Waals surface area contributed by atoms with Crippen molar-refractivity contribution in [1.29, 1.82) is 0 Å². The fourth-order valence-electron chi connectivity index (χ4n) is 3.90. The lowest BCUT2D eigenvalue weighted by molar-refractivity contribution is 0.415. The number of rotatable bonds is 8. The Kier molecular flexibility index (Phi) is 6.61. The van der Waals surface area contributed by atoms with Crippen LogP contribution in [0.4, 0.5) is 28.8 Å². The summed E-state index contributed by atoms with van der Waals surface area (Å²) in [6, 6.07) is 28.9. The molecule has 0 aliphatic heterocycles. The molecule has 3 N–H and O–H groups in total. The van der Waals surface area contributed by atoms with Crippen molar-refractivity contribution < 1.29 is 13.2 Å². The van der Waals surface area contributed by atoms with E-state index < -0.39 is 10.0 Å². The van der Waals surface area contributed by atoms with E-state index in [1.165, 1.54) is 0 Å². The van der Waals surface area contributed by atoms with Crippen molar-refractivity contribution in [3.8, 4) is 5.75 Å². The third kappa shape index (κ3) is 5.62. The van der Waals surface area contributed by atoms with Crippen LogP contribution in [-0.4, -0.2) is 25.5 Å². The molecule has 37 heavy (non-hydrogen) atoms. The van der Waals surface area contributed by atoms with E-state index in [9.17, 15) is 8.42 Å². The third-order valence-corrected chi connectivity index (χ3v) is 7.09. The molecule has 186 valence electrons. The number of benzene rings is 4. The summed E-state index contributed by atoms with van der Waals surface area (Å²) in [6.45, 7) is 1.89. The number of ether oxygens (including phenoxy) is 1. The standard InChI is InChI=1S/C28H25N5O3S/c1-19-18-27(30-21-14-16-24(36-2)17-15-21)32-28(29-19)31-22-10-12-23(13-11-22)33-37(34,35)26-9-5-7-20-6-3-4-8-25(20)26/h3-18,33H,1-2H3,(H2,29,30,31,32). The Labute approximate surface area is 215 Å². The normalized spacial score (nSPS) is 11.2. The van der Waals surface area contributed by atoms with Gasteiger partial charge in [0.25, 0.3) is 10.0 Å². The highest BCUT2D eigenvalue weighted by Gasteiger charge is 2.17. The fourth-order valence-corrected chi connectivity index (χ4v) is 5.19. The molecule has 8 nitrogen and oxygen atoms in total. The van der Waals surface area contributed by atoms with Gasteiger partial charge in [0.1, 0.15) is 11.6 Å². The molecule has 4 aromatic carbocycles. The lowest BCUT2D eigenvalue weighted by Gasteiger charge is -2.12. The first-order valence-corrected chi connectivity index (χ1v) is 13.0. The molecule has 0 bridgehead atoms. The van der Waals surface area contributed by atoms with Crippen LogP contribution in [0.5, 0.6) is 5.75 Å². The SMILES string of the molecule is COc1ccc(Nc2cc(C)nc(Nc3ccc(NS(=O)(=O)c4cccc5ccccc45)cc3)n2)cc1. The summed E-state index contributed by atoms with van der Waals surface area (Å²) in [4.78, 5) is 9.23. The topological polar surface area (TPSA) is 105 Å². The Hall–Kier alpha value is -4.63. The van der Waals surface area contributed by atoms with Crippen LogP contribution >= 0.6 is 0 Å². The molecule has 5 aromatic rings. The molecular weight excluding hydrogens is 486 g/mol. The van der Waals surface area contributed by atoms with Gasteiger partial charge in [-0.05, 0) is 66.9 Å². The quantitative estimate of drug-likeness (QED) is 0.227. The molecule has 0 aliphatic carbocycles. The van der Waals surface area contributed by atoms with E-state index in [-0.39, 0.29) is 4.90 Å². The van der Waals surface area contributed by atoms with Gasteiger partial charge in [-0.25, -0.2) is 13.4 Å². The summed E-state index contributed by atoms with van der Waals surface area (Å²) in [5, 5.41) is 7.97. The molecule has 5 rings (SSSR count). The van der Waals surface area contributed by atoms with E-state index in [0.717, 1.165) is 22.5 Å². The molecule has 0 saturated heterocycles. The highest BCUT2D eigenvalue weighted by atomic mass is 32.2. The number of aryl methyl sites for hydroxylation is 1. The molecule has 0 radical (unpaired) electrons. The van der Waals surface area contributed by atoms with E-state index in [1.807, 2.05) is 61.5 Å². The monoisotopic (exact) mass is 511 g/mol. The second kappa shape index (κ2) is 10.2. The number of hydrogen-bond acceptors (Lipinski definition) is 7. The van der Waals surface area contributed by atoms with Crippen molar-refractivity contribution in [2.24, 2.45) is 0 Å². The number of anilines is 5. The predicted molar refractivity (Wildman–Crippen MR) is 148 cm³/mol. The molecule has 0 spiro atoms. The second-order valence-electron chi connectivity index (χ2n) is 8.36. The van der Waals surface area contributed by atoms with Gasteiger partial charge >= 0.3 is 0 Å². The maximum atomic E-state index is 13.1. The zero-order valence-corrected chi connectivity index (χ0v) is 21.1. The largest absolute Gasteiger partial charge is 0.497 e. The van der Waals surface area contributed by atoms with Crippen LogP contribution in [0.15, 0.2) is 102 Å². The summed E-state index contributed by atoms with van der Waals surface area (Å²) in [5.74, 6) is 1.83. The third-order valence-electron chi connectivity index (χ3n) is 5.65. The summed E-state index contributed by atoms with van der Waals surface area (Å²) in [5.41, 5.74) is 2.82. The Morgan fingerprint density at radius 2 is 1.38 bits per heavy atom. The van der Waals surface area contributed by atoms with Gasteiger partial charge < -0.3 is 15.4 Å². The molecule has 0 amide bonds. The van der Waals surface area contributed by atoms with Crippen molar-refractivity contribution >= 4 is 49.6 Å². The predicted octanol–water partition coefficient (Wildman–Crippen LogP) is 6.23. The van der Waals surface area contributed by atoms with E-state index in [4.69, 9.17) is 4.74 Å². The minimum absolute atomic E-state index is 0.234. The van der Waals surface area contributed by atoms with Gasteiger partial charge in [0.05, 0.1) is 12.0 Å². The minimum atomic E-state index is -3.77. The number of methoxy groups -OCH3 is 1. The number of fused-ring (bicyclic) bond motifs is 1. The van der Waals surface area contributed by atoms with Gasteiger partial charge in [-0.2, -0.15) is 4.98 Å². The molecule has 9 heteroatoms. The zero-order valence-electron chi connectivity index (χ0n) is 20.3. The Morgan fingerprint density at radius 1 is 0.730 bits per heavy atom. The van der Waals surface area contributed by atoms with E-state index >= 15 is 0 Å². The Balaban J connectivity index is 1.30. The van der Waals surface area contributed by atoms with Crippen molar-refractivity contribution in [3.05, 3.63) is 103 Å².